The van der Waals surface area contributed by atoms with Crippen LogP contribution in [0.3, 0.4) is 0 Å². The van der Waals surface area contributed by atoms with Gasteiger partial charge in [-0.2, -0.15) is 4.31 Å². The summed E-state index contributed by atoms with van der Waals surface area (Å²) in [5, 5.41) is 2.33. The van der Waals surface area contributed by atoms with Gasteiger partial charge in [-0.3, -0.25) is 9.69 Å². The molecule has 1 amide bonds. The Morgan fingerprint density at radius 1 is 1.03 bits per heavy atom. The third kappa shape index (κ3) is 5.40. The molecule has 0 aliphatic carbocycles. The summed E-state index contributed by atoms with van der Waals surface area (Å²) in [7, 11) is -3.58. The van der Waals surface area contributed by atoms with E-state index in [0.717, 1.165) is 49.6 Å². The number of likely N-dealkylation sites (tertiary alicyclic amines) is 1. The van der Waals surface area contributed by atoms with Crippen molar-refractivity contribution in [2.45, 2.75) is 17.1 Å². The SMILES string of the molecule is O=C(c1csc(S(=O)(=O)N2CCN(CCOc3ccc(Cl)cc3)CC2)c1)N1CCCC1. The second-order valence-corrected chi connectivity index (χ2v) is 11.2. The molecular weight excluding hydrogens is 458 g/mol. The maximum absolute atomic E-state index is 13.0. The molecule has 2 saturated heterocycles. The molecular formula is C21H26ClN3O4S2. The molecule has 7 nitrogen and oxygen atoms in total. The summed E-state index contributed by atoms with van der Waals surface area (Å²) in [5.41, 5.74) is 0.475. The Hall–Kier alpha value is -1.65. The van der Waals surface area contributed by atoms with E-state index in [1.807, 2.05) is 12.1 Å². The van der Waals surface area contributed by atoms with E-state index in [1.165, 1.54) is 10.4 Å². The summed E-state index contributed by atoms with van der Waals surface area (Å²) in [6.07, 6.45) is 2.02. The second-order valence-electron chi connectivity index (χ2n) is 7.70. The molecule has 2 aromatic rings. The van der Waals surface area contributed by atoms with Gasteiger partial charge >= 0.3 is 0 Å². The summed E-state index contributed by atoms with van der Waals surface area (Å²) >= 11 is 7.00. The van der Waals surface area contributed by atoms with Crippen molar-refractivity contribution in [3.63, 3.8) is 0 Å². The molecule has 0 spiro atoms. The van der Waals surface area contributed by atoms with Crippen LogP contribution in [0.15, 0.2) is 39.9 Å². The highest BCUT2D eigenvalue weighted by atomic mass is 35.5. The molecule has 2 fully saturated rings. The molecule has 2 aliphatic heterocycles. The summed E-state index contributed by atoms with van der Waals surface area (Å²) in [6.45, 7) is 4.90. The van der Waals surface area contributed by atoms with E-state index in [4.69, 9.17) is 16.3 Å². The number of carbonyl (C=O) groups is 1. The number of thiophene rings is 1. The zero-order chi connectivity index (χ0) is 21.8. The van der Waals surface area contributed by atoms with Crippen molar-refractivity contribution >= 4 is 38.9 Å². The van der Waals surface area contributed by atoms with Crippen molar-refractivity contribution in [2.24, 2.45) is 0 Å². The first-order chi connectivity index (χ1) is 14.9. The zero-order valence-electron chi connectivity index (χ0n) is 17.2. The Labute approximate surface area is 192 Å². The van der Waals surface area contributed by atoms with E-state index in [9.17, 15) is 13.2 Å². The van der Waals surface area contributed by atoms with Gasteiger partial charge in [0.15, 0.2) is 0 Å². The average Bonchev–Trinajstić information content (AvgIpc) is 3.48. The maximum atomic E-state index is 13.0. The smallest absolute Gasteiger partial charge is 0.254 e. The summed E-state index contributed by atoms with van der Waals surface area (Å²) < 4.78 is 33.6. The van der Waals surface area contributed by atoms with Gasteiger partial charge < -0.3 is 9.64 Å². The van der Waals surface area contributed by atoms with Crippen LogP contribution in [0.25, 0.3) is 0 Å². The summed E-state index contributed by atoms with van der Waals surface area (Å²) in [4.78, 5) is 16.5. The molecule has 0 unspecified atom stereocenters. The van der Waals surface area contributed by atoms with Crippen LogP contribution in [-0.4, -0.2) is 80.9 Å². The number of halogens is 1. The fraction of sp³-hybridized carbons (Fsp3) is 0.476. The minimum absolute atomic E-state index is 0.0688. The Morgan fingerprint density at radius 3 is 2.39 bits per heavy atom. The number of piperazine rings is 1. The van der Waals surface area contributed by atoms with Gasteiger partial charge in [-0.15, -0.1) is 11.3 Å². The zero-order valence-corrected chi connectivity index (χ0v) is 19.6. The van der Waals surface area contributed by atoms with Crippen molar-refractivity contribution < 1.29 is 17.9 Å². The second kappa shape index (κ2) is 9.87. The highest BCUT2D eigenvalue weighted by Crippen LogP contribution is 2.26. The van der Waals surface area contributed by atoms with Crippen LogP contribution < -0.4 is 4.74 Å². The van der Waals surface area contributed by atoms with E-state index < -0.39 is 10.0 Å². The molecule has 0 N–H and O–H groups in total. The third-order valence-electron chi connectivity index (χ3n) is 5.63. The monoisotopic (exact) mass is 483 g/mol. The lowest BCUT2D eigenvalue weighted by Crippen LogP contribution is -2.49. The van der Waals surface area contributed by atoms with Gasteiger partial charge in [0, 0.05) is 56.2 Å². The lowest BCUT2D eigenvalue weighted by Gasteiger charge is -2.33. The number of rotatable bonds is 7. The van der Waals surface area contributed by atoms with Crippen molar-refractivity contribution in [3.8, 4) is 5.75 Å². The van der Waals surface area contributed by atoms with Crippen molar-refractivity contribution in [1.82, 2.24) is 14.1 Å². The number of sulfonamides is 1. The predicted octanol–water partition coefficient (Wildman–Crippen LogP) is 3.02. The number of benzene rings is 1. The van der Waals surface area contributed by atoms with Gasteiger partial charge in [0.25, 0.3) is 15.9 Å². The lowest BCUT2D eigenvalue weighted by atomic mass is 10.3. The Morgan fingerprint density at radius 2 is 1.71 bits per heavy atom. The first-order valence-electron chi connectivity index (χ1n) is 10.4. The number of amides is 1. The van der Waals surface area contributed by atoms with Crippen LogP contribution in [0.2, 0.25) is 5.02 Å². The van der Waals surface area contributed by atoms with E-state index in [-0.39, 0.29) is 10.1 Å². The van der Waals surface area contributed by atoms with Crippen molar-refractivity contribution in [3.05, 3.63) is 46.3 Å². The van der Waals surface area contributed by atoms with Gasteiger partial charge in [-0.05, 0) is 43.2 Å². The number of carbonyl (C=O) groups excluding carboxylic acids is 1. The molecule has 0 saturated carbocycles. The first kappa shape index (κ1) is 22.5. The topological polar surface area (TPSA) is 70.2 Å². The molecule has 1 aromatic heterocycles. The predicted molar refractivity (Wildman–Crippen MR) is 122 cm³/mol. The van der Waals surface area contributed by atoms with Crippen LogP contribution in [0.5, 0.6) is 5.75 Å². The molecule has 168 valence electrons. The fourth-order valence-corrected chi connectivity index (χ4v) is 6.67. The van der Waals surface area contributed by atoms with Crippen molar-refractivity contribution in [1.29, 1.82) is 0 Å². The van der Waals surface area contributed by atoms with Crippen LogP contribution >= 0.6 is 22.9 Å². The average molecular weight is 484 g/mol. The van der Waals surface area contributed by atoms with Crippen molar-refractivity contribution in [2.75, 3.05) is 52.4 Å². The normalized spacial score (nSPS) is 18.4. The minimum atomic E-state index is -3.58. The third-order valence-corrected chi connectivity index (χ3v) is 9.20. The van der Waals surface area contributed by atoms with E-state index in [2.05, 4.69) is 4.90 Å². The van der Waals surface area contributed by atoms with Crippen LogP contribution in [-0.2, 0) is 10.0 Å². The summed E-state index contributed by atoms with van der Waals surface area (Å²) in [6, 6.07) is 8.77. The number of hydrogen-bond donors (Lipinski definition) is 0. The number of ether oxygens (including phenoxy) is 1. The number of hydrogen-bond acceptors (Lipinski definition) is 6. The first-order valence-corrected chi connectivity index (χ1v) is 13.1. The highest BCUT2D eigenvalue weighted by Gasteiger charge is 2.31. The standard InChI is InChI=1S/C21H26ClN3O4S2/c22-18-3-5-19(6-4-18)29-14-13-23-9-11-25(12-10-23)31(27,28)20-15-17(16-30-20)21(26)24-7-1-2-8-24/h3-6,15-16H,1-2,7-14H2. The Bertz CT molecular complexity index is 996. The maximum Gasteiger partial charge on any atom is 0.254 e. The highest BCUT2D eigenvalue weighted by molar-refractivity contribution is 7.91. The molecule has 1 aromatic carbocycles. The Balaban J connectivity index is 1.27. The molecule has 3 heterocycles. The van der Waals surface area contributed by atoms with Gasteiger partial charge in [-0.25, -0.2) is 8.42 Å². The molecule has 4 rings (SSSR count). The quantitative estimate of drug-likeness (QED) is 0.605. The largest absolute Gasteiger partial charge is 0.492 e. The molecule has 0 atom stereocenters. The molecule has 0 radical (unpaired) electrons. The summed E-state index contributed by atoms with van der Waals surface area (Å²) in [5.74, 6) is 0.697. The molecule has 10 heteroatoms. The number of nitrogens with zero attached hydrogens (tertiary/aromatic N) is 3. The molecule has 2 aliphatic rings. The molecule has 0 bridgehead atoms. The van der Waals surface area contributed by atoms with E-state index in [1.54, 1.807) is 22.4 Å². The van der Waals surface area contributed by atoms with Crippen LogP contribution in [0, 0.1) is 0 Å². The van der Waals surface area contributed by atoms with Gasteiger partial charge in [-0.1, -0.05) is 11.6 Å². The van der Waals surface area contributed by atoms with Gasteiger partial charge in [0.2, 0.25) is 0 Å². The Kier molecular flexibility index (Phi) is 7.18. The van der Waals surface area contributed by atoms with Crippen LogP contribution in [0.4, 0.5) is 0 Å². The van der Waals surface area contributed by atoms with Gasteiger partial charge in [0.05, 0.1) is 5.56 Å². The van der Waals surface area contributed by atoms with Crippen LogP contribution in [0.1, 0.15) is 23.2 Å². The lowest BCUT2D eigenvalue weighted by molar-refractivity contribution is 0.0793. The van der Waals surface area contributed by atoms with Gasteiger partial charge in [0.1, 0.15) is 16.6 Å². The fourth-order valence-electron chi connectivity index (χ4n) is 3.81. The minimum Gasteiger partial charge on any atom is -0.492 e. The van der Waals surface area contributed by atoms with E-state index in [0.29, 0.717) is 43.4 Å². The molecule has 31 heavy (non-hydrogen) atoms. The van der Waals surface area contributed by atoms with E-state index >= 15 is 0 Å².